The van der Waals surface area contributed by atoms with Gasteiger partial charge in [0.25, 0.3) is 15.0 Å². The van der Waals surface area contributed by atoms with Gasteiger partial charge in [-0.3, -0.25) is 4.79 Å². The van der Waals surface area contributed by atoms with Crippen LogP contribution in [0.3, 0.4) is 0 Å². The fourth-order valence-electron chi connectivity index (χ4n) is 2.05. The van der Waals surface area contributed by atoms with Gasteiger partial charge in [0.05, 0.1) is 0 Å². The Morgan fingerprint density at radius 2 is 1.84 bits per heavy atom. The van der Waals surface area contributed by atoms with Crippen LogP contribution >= 0.6 is 26.6 Å². The Morgan fingerprint density at radius 1 is 1.26 bits per heavy atom. The van der Waals surface area contributed by atoms with Gasteiger partial charge >= 0.3 is 0 Å². The van der Waals surface area contributed by atoms with Gasteiger partial charge in [-0.1, -0.05) is 12.8 Å². The van der Waals surface area contributed by atoms with Crippen LogP contribution in [-0.2, 0) is 9.05 Å². The number of rotatable bonds is 2. The van der Waals surface area contributed by atoms with E-state index in [1.54, 1.807) is 4.90 Å². The Kier molecular flexibility index (Phi) is 4.58. The molecule has 0 aromatic carbocycles. The molecular weight excluding hydrogens is 358 g/mol. The summed E-state index contributed by atoms with van der Waals surface area (Å²) in [5.74, 6) is -0.304. The molecule has 0 spiro atoms. The summed E-state index contributed by atoms with van der Waals surface area (Å²) < 4.78 is 27.7. The van der Waals surface area contributed by atoms with E-state index in [0.29, 0.717) is 13.1 Å². The zero-order valence-corrected chi connectivity index (χ0v) is 13.2. The van der Waals surface area contributed by atoms with Crippen LogP contribution in [0.15, 0.2) is 20.0 Å². The Balaban J connectivity index is 2.24. The normalized spacial score (nSPS) is 17.3. The van der Waals surface area contributed by atoms with Gasteiger partial charge in [0, 0.05) is 29.8 Å². The molecule has 1 saturated heterocycles. The minimum atomic E-state index is -3.92. The van der Waals surface area contributed by atoms with Gasteiger partial charge in [0.1, 0.15) is 4.90 Å². The number of nitrogens with zero attached hydrogens (tertiary/aromatic N) is 1. The summed E-state index contributed by atoms with van der Waals surface area (Å²) in [6.45, 7) is 1.33. The predicted octanol–water partition coefficient (Wildman–Crippen LogP) is 2.99. The van der Waals surface area contributed by atoms with Crippen LogP contribution in [0.4, 0.5) is 0 Å². The van der Waals surface area contributed by atoms with Crippen molar-refractivity contribution < 1.29 is 17.6 Å². The minimum Gasteiger partial charge on any atom is -0.443 e. The predicted molar refractivity (Wildman–Crippen MR) is 73.8 cm³/mol. The van der Waals surface area contributed by atoms with Gasteiger partial charge < -0.3 is 9.32 Å². The molecule has 1 aromatic rings. The molecule has 0 bridgehead atoms. The van der Waals surface area contributed by atoms with Crippen molar-refractivity contribution in [3.05, 3.63) is 16.5 Å². The maximum absolute atomic E-state index is 12.2. The van der Waals surface area contributed by atoms with Crippen molar-refractivity contribution in [2.75, 3.05) is 13.1 Å². The number of likely N-dealkylation sites (tertiary alicyclic amines) is 1. The summed E-state index contributed by atoms with van der Waals surface area (Å²) >= 11 is 2.96. The quantitative estimate of drug-likeness (QED) is 0.751. The van der Waals surface area contributed by atoms with Crippen molar-refractivity contribution >= 4 is 41.6 Å². The van der Waals surface area contributed by atoms with Crippen molar-refractivity contribution in [2.45, 2.75) is 30.6 Å². The molecule has 0 unspecified atom stereocenters. The van der Waals surface area contributed by atoms with E-state index in [4.69, 9.17) is 15.1 Å². The lowest BCUT2D eigenvalue weighted by atomic mass is 10.2. The first-order valence-corrected chi connectivity index (χ1v) is 9.03. The van der Waals surface area contributed by atoms with Gasteiger partial charge in [-0.05, 0) is 28.8 Å². The Labute approximate surface area is 124 Å². The molecule has 0 aliphatic carbocycles. The number of amides is 1. The van der Waals surface area contributed by atoms with Crippen LogP contribution in [0, 0.1) is 0 Å². The van der Waals surface area contributed by atoms with Crippen LogP contribution < -0.4 is 0 Å². The van der Waals surface area contributed by atoms with Gasteiger partial charge in [-0.25, -0.2) is 8.42 Å². The van der Waals surface area contributed by atoms with Crippen LogP contribution in [-0.4, -0.2) is 32.3 Å². The Bertz CT molecular complexity index is 576. The molecule has 1 fully saturated rings. The van der Waals surface area contributed by atoms with Crippen LogP contribution in [0.25, 0.3) is 0 Å². The van der Waals surface area contributed by atoms with Gasteiger partial charge in [0.15, 0.2) is 10.4 Å². The van der Waals surface area contributed by atoms with Crippen LogP contribution in [0.5, 0.6) is 0 Å². The average molecular weight is 371 g/mol. The molecule has 2 heterocycles. The molecule has 5 nitrogen and oxygen atoms in total. The Hall–Kier alpha value is -0.530. The van der Waals surface area contributed by atoms with E-state index in [1.807, 2.05) is 0 Å². The average Bonchev–Trinajstić information content (AvgIpc) is 2.57. The lowest BCUT2D eigenvalue weighted by Gasteiger charge is -2.18. The second kappa shape index (κ2) is 5.85. The molecule has 0 radical (unpaired) electrons. The lowest BCUT2D eigenvalue weighted by Crippen LogP contribution is -2.31. The van der Waals surface area contributed by atoms with E-state index in [1.165, 1.54) is 6.07 Å². The van der Waals surface area contributed by atoms with Gasteiger partial charge in [0.2, 0.25) is 0 Å². The first-order valence-electron chi connectivity index (χ1n) is 5.93. The van der Waals surface area contributed by atoms with Crippen molar-refractivity contribution in [1.82, 2.24) is 4.90 Å². The maximum Gasteiger partial charge on any atom is 0.289 e. The molecule has 0 atom stereocenters. The zero-order valence-electron chi connectivity index (χ0n) is 10.1. The third-order valence-electron chi connectivity index (χ3n) is 3.02. The molecule has 0 N–H and O–H groups in total. The van der Waals surface area contributed by atoms with E-state index < -0.39 is 9.05 Å². The monoisotopic (exact) mass is 369 g/mol. The standard InChI is InChI=1S/C11H13BrClNO4S/c12-10-9(19(13,16)17)7-8(18-10)11(15)14-5-3-1-2-4-6-14/h7H,1-6H2. The molecular formula is C11H13BrClNO4S. The van der Waals surface area contributed by atoms with E-state index in [-0.39, 0.29) is 21.2 Å². The summed E-state index contributed by atoms with van der Waals surface area (Å²) in [5.41, 5.74) is 0. The highest BCUT2D eigenvalue weighted by Crippen LogP contribution is 2.29. The zero-order chi connectivity index (χ0) is 14.0. The van der Waals surface area contributed by atoms with E-state index >= 15 is 0 Å². The highest BCUT2D eigenvalue weighted by Gasteiger charge is 2.26. The van der Waals surface area contributed by atoms with Crippen LogP contribution in [0.2, 0.25) is 0 Å². The first kappa shape index (κ1) is 14.9. The molecule has 1 amide bonds. The lowest BCUT2D eigenvalue weighted by molar-refractivity contribution is 0.0728. The SMILES string of the molecule is O=C(c1cc(S(=O)(=O)Cl)c(Br)o1)N1CCCCCC1. The molecule has 2 rings (SSSR count). The van der Waals surface area contributed by atoms with Crippen molar-refractivity contribution in [2.24, 2.45) is 0 Å². The molecule has 106 valence electrons. The Morgan fingerprint density at radius 3 is 2.32 bits per heavy atom. The van der Waals surface area contributed by atoms with E-state index in [2.05, 4.69) is 15.9 Å². The number of hydrogen-bond donors (Lipinski definition) is 0. The third-order valence-corrected chi connectivity index (χ3v) is 5.20. The number of hydrogen-bond acceptors (Lipinski definition) is 4. The third kappa shape index (κ3) is 3.52. The first-order chi connectivity index (χ1) is 8.89. The highest BCUT2D eigenvalue weighted by molar-refractivity contribution is 9.10. The minimum absolute atomic E-state index is 0.00648. The van der Waals surface area contributed by atoms with Gasteiger partial charge in [-0.2, -0.15) is 0 Å². The molecule has 1 aromatic heterocycles. The topological polar surface area (TPSA) is 67.6 Å². The second-order valence-corrected chi connectivity index (χ2v) is 7.65. The highest BCUT2D eigenvalue weighted by atomic mass is 79.9. The van der Waals surface area contributed by atoms with Crippen LogP contribution in [0.1, 0.15) is 36.2 Å². The number of halogens is 2. The van der Waals surface area contributed by atoms with E-state index in [0.717, 1.165) is 25.7 Å². The second-order valence-electron chi connectivity index (χ2n) is 4.39. The fourth-order valence-corrected chi connectivity index (χ4v) is 4.09. The maximum atomic E-state index is 12.2. The van der Waals surface area contributed by atoms with E-state index in [9.17, 15) is 13.2 Å². The van der Waals surface area contributed by atoms with Crippen molar-refractivity contribution in [1.29, 1.82) is 0 Å². The summed E-state index contributed by atoms with van der Waals surface area (Å²) in [4.78, 5) is 13.7. The summed E-state index contributed by atoms with van der Waals surface area (Å²) in [6, 6.07) is 1.17. The fraction of sp³-hybridized carbons (Fsp3) is 0.545. The largest absolute Gasteiger partial charge is 0.443 e. The molecule has 19 heavy (non-hydrogen) atoms. The number of furan rings is 1. The summed E-state index contributed by atoms with van der Waals surface area (Å²) in [5, 5.41) is 0. The molecule has 1 aliphatic rings. The van der Waals surface area contributed by atoms with Gasteiger partial charge in [-0.15, -0.1) is 0 Å². The number of carbonyl (C=O) groups excluding carboxylic acids is 1. The van der Waals surface area contributed by atoms with Crippen molar-refractivity contribution in [3.63, 3.8) is 0 Å². The molecule has 1 aliphatic heterocycles. The molecule has 8 heteroatoms. The smallest absolute Gasteiger partial charge is 0.289 e. The summed E-state index contributed by atoms with van der Waals surface area (Å²) in [7, 11) is 1.33. The van der Waals surface area contributed by atoms with Crippen molar-refractivity contribution in [3.8, 4) is 0 Å². The molecule has 0 saturated carbocycles. The number of carbonyl (C=O) groups is 1. The summed E-state index contributed by atoms with van der Waals surface area (Å²) in [6.07, 6.45) is 4.11.